The highest BCUT2D eigenvalue weighted by Gasteiger charge is 2.32. The molecule has 2 rings (SSSR count). The van der Waals surface area contributed by atoms with E-state index in [0.717, 1.165) is 16.5 Å². The van der Waals surface area contributed by atoms with Crippen LogP contribution in [0.15, 0.2) is 30.5 Å². The summed E-state index contributed by atoms with van der Waals surface area (Å²) in [6, 6.07) is 4.80. The zero-order valence-corrected chi connectivity index (χ0v) is 23.6. The van der Waals surface area contributed by atoms with Gasteiger partial charge in [-0.25, -0.2) is 9.59 Å². The first-order valence-corrected chi connectivity index (χ1v) is 12.9. The number of nitrogens with one attached hydrogen (secondary N) is 4. The van der Waals surface area contributed by atoms with Gasteiger partial charge in [-0.3, -0.25) is 9.59 Å². The summed E-state index contributed by atoms with van der Waals surface area (Å²) in [6.07, 6.45) is 1.57. The molecule has 0 aliphatic rings. The van der Waals surface area contributed by atoms with E-state index in [1.54, 1.807) is 40.8 Å². The third-order valence-electron chi connectivity index (χ3n) is 5.87. The van der Waals surface area contributed by atoms with Crippen LogP contribution in [0.4, 0.5) is 4.79 Å². The van der Waals surface area contributed by atoms with Crippen LogP contribution in [-0.2, 0) is 30.3 Å². The maximum Gasteiger partial charge on any atom is 0.408 e. The first-order valence-electron chi connectivity index (χ1n) is 12.9. The Kier molecular flexibility index (Phi) is 10.7. The number of amides is 3. The van der Waals surface area contributed by atoms with Gasteiger partial charge in [0.15, 0.2) is 0 Å². The Morgan fingerprint density at radius 3 is 2.13 bits per heavy atom. The third kappa shape index (κ3) is 9.08. The van der Waals surface area contributed by atoms with Crippen molar-refractivity contribution in [2.75, 3.05) is 7.11 Å². The molecule has 0 bridgehead atoms. The van der Waals surface area contributed by atoms with Gasteiger partial charge in [-0.15, -0.1) is 0 Å². The Morgan fingerprint density at radius 1 is 0.921 bits per heavy atom. The highest BCUT2D eigenvalue weighted by atomic mass is 16.6. The lowest BCUT2D eigenvalue weighted by Crippen LogP contribution is -2.57. The van der Waals surface area contributed by atoms with E-state index in [4.69, 9.17) is 9.47 Å². The van der Waals surface area contributed by atoms with E-state index in [1.165, 1.54) is 7.11 Å². The predicted octanol–water partition coefficient (Wildman–Crippen LogP) is 3.45. The molecule has 2 aromatic rings. The molecule has 10 heteroatoms. The number of hydrogen-bond donors (Lipinski definition) is 4. The number of alkyl carbamates (subject to hydrolysis) is 1. The lowest BCUT2D eigenvalue weighted by atomic mass is 9.99. The summed E-state index contributed by atoms with van der Waals surface area (Å²) < 4.78 is 10.2. The van der Waals surface area contributed by atoms with Crippen molar-refractivity contribution in [2.24, 2.45) is 11.8 Å². The van der Waals surface area contributed by atoms with Crippen molar-refractivity contribution in [3.8, 4) is 0 Å². The van der Waals surface area contributed by atoms with Crippen molar-refractivity contribution in [1.29, 1.82) is 0 Å². The average Bonchev–Trinajstić information content (AvgIpc) is 3.22. The summed E-state index contributed by atoms with van der Waals surface area (Å²) in [7, 11) is 1.26. The number of fused-ring (bicyclic) bond motifs is 1. The molecule has 4 N–H and O–H groups in total. The lowest BCUT2D eigenvalue weighted by molar-refractivity contribution is -0.146. The van der Waals surface area contributed by atoms with Gasteiger partial charge in [-0.1, -0.05) is 45.9 Å². The number of methoxy groups -OCH3 is 1. The molecule has 3 atom stereocenters. The highest BCUT2D eigenvalue weighted by Crippen LogP contribution is 2.20. The average molecular weight is 531 g/mol. The molecule has 210 valence electrons. The molecule has 1 aromatic heterocycles. The largest absolute Gasteiger partial charge is 0.467 e. The van der Waals surface area contributed by atoms with Gasteiger partial charge in [0.05, 0.1) is 7.11 Å². The molecule has 0 aliphatic heterocycles. The highest BCUT2D eigenvalue weighted by molar-refractivity contribution is 5.94. The molecule has 38 heavy (non-hydrogen) atoms. The van der Waals surface area contributed by atoms with Gasteiger partial charge in [-0.2, -0.15) is 0 Å². The number of aromatic nitrogens is 1. The quantitative estimate of drug-likeness (QED) is 0.328. The van der Waals surface area contributed by atoms with Crippen molar-refractivity contribution < 1.29 is 28.7 Å². The summed E-state index contributed by atoms with van der Waals surface area (Å²) >= 11 is 0. The van der Waals surface area contributed by atoms with Gasteiger partial charge >= 0.3 is 12.1 Å². The molecule has 0 fully saturated rings. The van der Waals surface area contributed by atoms with E-state index in [1.807, 2.05) is 38.1 Å². The Morgan fingerprint density at radius 2 is 1.55 bits per heavy atom. The first-order chi connectivity index (χ1) is 17.7. The smallest absolute Gasteiger partial charge is 0.408 e. The maximum atomic E-state index is 13.5. The molecular weight excluding hydrogens is 488 g/mol. The van der Waals surface area contributed by atoms with Gasteiger partial charge in [0, 0.05) is 23.5 Å². The fourth-order valence-corrected chi connectivity index (χ4v) is 4.03. The minimum atomic E-state index is -1.03. The molecule has 0 saturated carbocycles. The first kappa shape index (κ1) is 30.7. The van der Waals surface area contributed by atoms with Crippen molar-refractivity contribution in [3.05, 3.63) is 36.0 Å². The second-order valence-corrected chi connectivity index (χ2v) is 11.2. The SMILES string of the molecule is COC(=O)[C@@H](NC(=O)[C@H](Cc1c[nH]c2ccccc12)NC(=O)[C@H](CC(C)C)NC(=O)OC(C)(C)C)C(C)C. The summed E-state index contributed by atoms with van der Waals surface area (Å²) in [5.74, 6) is -1.79. The Hall–Kier alpha value is -3.56. The number of H-pyrrole nitrogens is 1. The van der Waals surface area contributed by atoms with Gasteiger partial charge in [-0.05, 0) is 50.7 Å². The number of hydrogen-bond acceptors (Lipinski definition) is 6. The van der Waals surface area contributed by atoms with Crippen LogP contribution >= 0.6 is 0 Å². The van der Waals surface area contributed by atoms with Crippen LogP contribution in [0.25, 0.3) is 10.9 Å². The van der Waals surface area contributed by atoms with E-state index in [2.05, 4.69) is 20.9 Å². The molecular formula is C28H42N4O6. The second-order valence-electron chi connectivity index (χ2n) is 11.2. The molecule has 3 amide bonds. The molecule has 0 aliphatic carbocycles. The van der Waals surface area contributed by atoms with Gasteiger partial charge in [0.2, 0.25) is 11.8 Å². The van der Waals surface area contributed by atoms with Crippen molar-refractivity contribution in [2.45, 2.75) is 85.0 Å². The van der Waals surface area contributed by atoms with E-state index in [0.29, 0.717) is 6.42 Å². The standard InChI is InChI=1S/C28H42N4O6/c1-16(2)13-21(31-27(36)38-28(5,6)7)24(33)30-22(25(34)32-23(17(3)4)26(35)37-8)14-18-15-29-20-12-10-9-11-19(18)20/h9-12,15-17,21-23,29H,13-14H2,1-8H3,(H,30,33)(H,31,36)(H,32,34)/t21-,22-,23-/m0/s1. The van der Waals surface area contributed by atoms with Crippen LogP contribution in [0, 0.1) is 11.8 Å². The predicted molar refractivity (Wildman–Crippen MR) is 145 cm³/mol. The minimum Gasteiger partial charge on any atom is -0.467 e. The van der Waals surface area contributed by atoms with Crippen LogP contribution in [0.1, 0.15) is 60.5 Å². The van der Waals surface area contributed by atoms with Crippen molar-refractivity contribution >= 4 is 34.8 Å². The fourth-order valence-electron chi connectivity index (χ4n) is 4.03. The Labute approximate surface area is 224 Å². The zero-order chi connectivity index (χ0) is 28.6. The third-order valence-corrected chi connectivity index (χ3v) is 5.87. The summed E-state index contributed by atoms with van der Waals surface area (Å²) in [6.45, 7) is 12.6. The van der Waals surface area contributed by atoms with Crippen LogP contribution in [0.2, 0.25) is 0 Å². The number of esters is 1. The monoisotopic (exact) mass is 530 g/mol. The van der Waals surface area contributed by atoms with Gasteiger partial charge in [0.1, 0.15) is 23.7 Å². The normalized spacial score (nSPS) is 14.1. The number of para-hydroxylation sites is 1. The van der Waals surface area contributed by atoms with Gasteiger partial charge < -0.3 is 30.4 Å². The van der Waals surface area contributed by atoms with Crippen molar-refractivity contribution in [1.82, 2.24) is 20.9 Å². The van der Waals surface area contributed by atoms with E-state index in [-0.39, 0.29) is 18.3 Å². The Bertz CT molecular complexity index is 1120. The molecule has 0 saturated heterocycles. The van der Waals surface area contributed by atoms with E-state index >= 15 is 0 Å². The number of benzene rings is 1. The summed E-state index contributed by atoms with van der Waals surface area (Å²) in [4.78, 5) is 54.8. The molecule has 1 aromatic carbocycles. The molecule has 0 spiro atoms. The molecule has 0 radical (unpaired) electrons. The second kappa shape index (κ2) is 13.3. The number of carbonyl (C=O) groups is 4. The fraction of sp³-hybridized carbons (Fsp3) is 0.571. The van der Waals surface area contributed by atoms with Crippen LogP contribution in [0.5, 0.6) is 0 Å². The zero-order valence-electron chi connectivity index (χ0n) is 23.6. The van der Waals surface area contributed by atoms with Crippen LogP contribution in [0.3, 0.4) is 0 Å². The van der Waals surface area contributed by atoms with Crippen molar-refractivity contribution in [3.63, 3.8) is 0 Å². The summed E-state index contributed by atoms with van der Waals surface area (Å²) in [5, 5.41) is 9.10. The number of aromatic amines is 1. The molecule has 10 nitrogen and oxygen atoms in total. The maximum absolute atomic E-state index is 13.5. The van der Waals surface area contributed by atoms with Gasteiger partial charge in [0.25, 0.3) is 0 Å². The molecule has 1 heterocycles. The number of rotatable bonds is 11. The van der Waals surface area contributed by atoms with E-state index in [9.17, 15) is 19.2 Å². The minimum absolute atomic E-state index is 0.0752. The van der Waals surface area contributed by atoms with E-state index < -0.39 is 47.6 Å². The topological polar surface area (TPSA) is 139 Å². The molecule has 0 unspecified atom stereocenters. The number of carbonyl (C=O) groups excluding carboxylic acids is 4. The van der Waals surface area contributed by atoms with Crippen LogP contribution < -0.4 is 16.0 Å². The van der Waals surface area contributed by atoms with Crippen LogP contribution in [-0.4, -0.2) is 59.7 Å². The summed E-state index contributed by atoms with van der Waals surface area (Å²) in [5.41, 5.74) is 0.980. The lowest BCUT2D eigenvalue weighted by Gasteiger charge is -2.27. The Balaban J connectivity index is 2.34. The number of ether oxygens (including phenoxy) is 2.